The first-order valence-electron chi connectivity index (χ1n) is 6.15. The second-order valence-electron chi connectivity index (χ2n) is 4.36. The fourth-order valence-corrected chi connectivity index (χ4v) is 1.74. The maximum absolute atomic E-state index is 12.1. The predicted octanol–water partition coefficient (Wildman–Crippen LogP) is 2.76. The number of hydrogen-bond acceptors (Lipinski definition) is 3. The van der Waals surface area contributed by atoms with Gasteiger partial charge in [0.1, 0.15) is 5.75 Å². The quantitative estimate of drug-likeness (QED) is 0.757. The molecule has 0 radical (unpaired) electrons. The van der Waals surface area contributed by atoms with Crippen molar-refractivity contribution in [1.82, 2.24) is 0 Å². The highest BCUT2D eigenvalue weighted by atomic mass is 16.4. The summed E-state index contributed by atoms with van der Waals surface area (Å²) < 4.78 is 0. The first-order valence-corrected chi connectivity index (χ1v) is 6.15. The minimum atomic E-state index is -1.15. The summed E-state index contributed by atoms with van der Waals surface area (Å²) in [5.74, 6) is -1.45. The monoisotopic (exact) mass is 286 g/mol. The smallest absolute Gasteiger partial charge is 0.335 e. The number of benzene rings is 2. The average Bonchev–Trinajstić information content (AvgIpc) is 2.49. The SMILES string of the molecule is CN(C(=O)Nc1ccc(C(=O)O)cc1O)c1ccccc1. The Kier molecular flexibility index (Phi) is 4.08. The summed E-state index contributed by atoms with van der Waals surface area (Å²) in [6, 6.07) is 12.3. The van der Waals surface area contributed by atoms with E-state index in [2.05, 4.69) is 5.32 Å². The van der Waals surface area contributed by atoms with Crippen LogP contribution in [0.4, 0.5) is 16.2 Å². The van der Waals surface area contributed by atoms with Crippen LogP contribution in [0.25, 0.3) is 0 Å². The number of carboxylic acids is 1. The van der Waals surface area contributed by atoms with E-state index in [0.29, 0.717) is 5.69 Å². The fourth-order valence-electron chi connectivity index (χ4n) is 1.74. The Labute approximate surface area is 121 Å². The summed E-state index contributed by atoms with van der Waals surface area (Å²) in [4.78, 5) is 24.2. The van der Waals surface area contributed by atoms with Gasteiger partial charge in [0, 0.05) is 12.7 Å². The number of carboxylic acid groups (broad SMARTS) is 1. The van der Waals surface area contributed by atoms with Crippen molar-refractivity contribution in [2.24, 2.45) is 0 Å². The molecule has 108 valence electrons. The van der Waals surface area contributed by atoms with Crippen molar-refractivity contribution in [2.75, 3.05) is 17.3 Å². The third-order valence-electron chi connectivity index (χ3n) is 2.93. The van der Waals surface area contributed by atoms with E-state index in [-0.39, 0.29) is 17.0 Å². The van der Waals surface area contributed by atoms with E-state index >= 15 is 0 Å². The van der Waals surface area contributed by atoms with E-state index in [0.717, 1.165) is 6.07 Å². The van der Waals surface area contributed by atoms with Crippen molar-refractivity contribution in [3.63, 3.8) is 0 Å². The van der Waals surface area contributed by atoms with Crippen LogP contribution in [0.2, 0.25) is 0 Å². The Bertz CT molecular complexity index is 671. The van der Waals surface area contributed by atoms with Crippen molar-refractivity contribution < 1.29 is 19.8 Å². The number of urea groups is 1. The van der Waals surface area contributed by atoms with Gasteiger partial charge in [-0.1, -0.05) is 18.2 Å². The Morgan fingerprint density at radius 1 is 1.10 bits per heavy atom. The molecule has 0 aliphatic carbocycles. The number of aromatic carboxylic acids is 1. The molecule has 0 aromatic heterocycles. The van der Waals surface area contributed by atoms with Gasteiger partial charge in [-0.2, -0.15) is 0 Å². The first kappa shape index (κ1) is 14.4. The molecule has 3 N–H and O–H groups in total. The number of amides is 2. The Hall–Kier alpha value is -3.02. The Morgan fingerprint density at radius 2 is 1.76 bits per heavy atom. The van der Waals surface area contributed by atoms with Crippen LogP contribution in [0.5, 0.6) is 5.75 Å². The molecule has 2 aromatic carbocycles. The Balaban J connectivity index is 2.15. The van der Waals surface area contributed by atoms with E-state index in [4.69, 9.17) is 5.11 Å². The number of phenols is 1. The van der Waals surface area contributed by atoms with Crippen LogP contribution in [0, 0.1) is 0 Å². The van der Waals surface area contributed by atoms with E-state index in [1.165, 1.54) is 17.0 Å². The number of carbonyl (C=O) groups is 2. The lowest BCUT2D eigenvalue weighted by molar-refractivity contribution is 0.0696. The molecule has 0 aliphatic heterocycles. The molecule has 0 saturated heterocycles. The second kappa shape index (κ2) is 5.96. The van der Waals surface area contributed by atoms with E-state index in [9.17, 15) is 14.7 Å². The molecule has 0 unspecified atom stereocenters. The van der Waals surface area contributed by atoms with Gasteiger partial charge >= 0.3 is 12.0 Å². The number of aromatic hydroxyl groups is 1. The van der Waals surface area contributed by atoms with Gasteiger partial charge < -0.3 is 15.5 Å². The van der Waals surface area contributed by atoms with Gasteiger partial charge in [-0.15, -0.1) is 0 Å². The number of para-hydroxylation sites is 1. The zero-order valence-electron chi connectivity index (χ0n) is 11.3. The van der Waals surface area contributed by atoms with Gasteiger partial charge in [0.15, 0.2) is 0 Å². The number of nitrogens with one attached hydrogen (secondary N) is 1. The van der Waals surface area contributed by atoms with Crippen LogP contribution in [0.3, 0.4) is 0 Å². The highest BCUT2D eigenvalue weighted by Crippen LogP contribution is 2.25. The van der Waals surface area contributed by atoms with Gasteiger partial charge in [-0.25, -0.2) is 9.59 Å². The van der Waals surface area contributed by atoms with Crippen molar-refractivity contribution in [1.29, 1.82) is 0 Å². The molecular weight excluding hydrogens is 272 g/mol. The summed E-state index contributed by atoms with van der Waals surface area (Å²) in [6.07, 6.45) is 0. The van der Waals surface area contributed by atoms with Crippen LogP contribution in [-0.2, 0) is 0 Å². The van der Waals surface area contributed by atoms with E-state index in [1.807, 2.05) is 6.07 Å². The number of rotatable bonds is 3. The molecule has 0 atom stereocenters. The lowest BCUT2D eigenvalue weighted by Crippen LogP contribution is -2.31. The molecule has 0 aliphatic rings. The van der Waals surface area contributed by atoms with Crippen LogP contribution < -0.4 is 10.2 Å². The zero-order chi connectivity index (χ0) is 15.4. The number of nitrogens with zero attached hydrogens (tertiary/aromatic N) is 1. The highest BCUT2D eigenvalue weighted by Gasteiger charge is 2.14. The third-order valence-corrected chi connectivity index (χ3v) is 2.93. The minimum absolute atomic E-state index is 0.0538. The van der Waals surface area contributed by atoms with Crippen molar-refractivity contribution in [3.8, 4) is 5.75 Å². The molecule has 6 nitrogen and oxygen atoms in total. The van der Waals surface area contributed by atoms with Crippen LogP contribution in [0.15, 0.2) is 48.5 Å². The van der Waals surface area contributed by atoms with Gasteiger partial charge in [0.2, 0.25) is 0 Å². The summed E-state index contributed by atoms with van der Waals surface area (Å²) in [7, 11) is 1.59. The standard InChI is InChI=1S/C15H14N2O4/c1-17(11-5-3-2-4-6-11)15(21)16-12-8-7-10(14(19)20)9-13(12)18/h2-9,18H,1H3,(H,16,21)(H,19,20). The molecule has 0 bridgehead atoms. The van der Waals surface area contributed by atoms with Crippen LogP contribution in [-0.4, -0.2) is 29.3 Å². The molecule has 0 spiro atoms. The largest absolute Gasteiger partial charge is 0.506 e. The molecule has 0 heterocycles. The van der Waals surface area contributed by atoms with Crippen LogP contribution in [0.1, 0.15) is 10.4 Å². The number of hydrogen-bond donors (Lipinski definition) is 3. The first-order chi connectivity index (χ1) is 9.99. The average molecular weight is 286 g/mol. The summed E-state index contributed by atoms with van der Waals surface area (Å²) in [6.45, 7) is 0. The van der Waals surface area contributed by atoms with E-state index in [1.54, 1.807) is 31.3 Å². The van der Waals surface area contributed by atoms with Crippen molar-refractivity contribution >= 4 is 23.4 Å². The van der Waals surface area contributed by atoms with Crippen molar-refractivity contribution in [2.45, 2.75) is 0 Å². The molecule has 21 heavy (non-hydrogen) atoms. The van der Waals surface area contributed by atoms with E-state index < -0.39 is 12.0 Å². The van der Waals surface area contributed by atoms with Gasteiger partial charge in [-0.3, -0.25) is 4.90 Å². The van der Waals surface area contributed by atoms with Gasteiger partial charge in [0.25, 0.3) is 0 Å². The normalized spacial score (nSPS) is 9.95. The van der Waals surface area contributed by atoms with Crippen molar-refractivity contribution in [3.05, 3.63) is 54.1 Å². The summed E-state index contributed by atoms with van der Waals surface area (Å²) in [5, 5.41) is 21.1. The molecule has 6 heteroatoms. The molecule has 2 aromatic rings. The summed E-state index contributed by atoms with van der Waals surface area (Å²) in [5.41, 5.74) is 0.784. The predicted molar refractivity (Wildman–Crippen MR) is 78.9 cm³/mol. The summed E-state index contributed by atoms with van der Waals surface area (Å²) >= 11 is 0. The molecule has 0 fully saturated rings. The molecule has 2 rings (SSSR count). The lowest BCUT2D eigenvalue weighted by Gasteiger charge is -2.18. The van der Waals surface area contributed by atoms with Gasteiger partial charge in [0.05, 0.1) is 11.3 Å². The molecule has 2 amide bonds. The lowest BCUT2D eigenvalue weighted by atomic mass is 10.2. The fraction of sp³-hybridized carbons (Fsp3) is 0.0667. The number of phenolic OH excluding ortho intramolecular Hbond substituents is 1. The van der Waals surface area contributed by atoms with Crippen LogP contribution >= 0.6 is 0 Å². The highest BCUT2D eigenvalue weighted by molar-refractivity contribution is 6.02. The maximum Gasteiger partial charge on any atom is 0.335 e. The second-order valence-corrected chi connectivity index (χ2v) is 4.36. The Morgan fingerprint density at radius 3 is 2.33 bits per heavy atom. The third kappa shape index (κ3) is 3.30. The zero-order valence-corrected chi connectivity index (χ0v) is 11.3. The molecular formula is C15H14N2O4. The number of carbonyl (C=O) groups excluding carboxylic acids is 1. The maximum atomic E-state index is 12.1. The van der Waals surface area contributed by atoms with Gasteiger partial charge in [-0.05, 0) is 30.3 Å². The minimum Gasteiger partial charge on any atom is -0.506 e. The molecule has 0 saturated carbocycles. The number of anilines is 2. The topological polar surface area (TPSA) is 89.9 Å².